The molecule has 0 fully saturated rings. The van der Waals surface area contributed by atoms with E-state index in [4.69, 9.17) is 4.52 Å². The van der Waals surface area contributed by atoms with Crippen molar-refractivity contribution in [3.8, 4) is 0 Å². The topological polar surface area (TPSA) is 59.2 Å². The molecule has 0 bridgehead atoms. The van der Waals surface area contributed by atoms with Crippen LogP contribution in [0.2, 0.25) is 0 Å². The van der Waals surface area contributed by atoms with Gasteiger partial charge in [0.25, 0.3) is 0 Å². The van der Waals surface area contributed by atoms with E-state index >= 15 is 0 Å². The second kappa shape index (κ2) is 7.35. The van der Waals surface area contributed by atoms with Gasteiger partial charge in [-0.3, -0.25) is 9.69 Å². The molecule has 0 saturated heterocycles. The maximum absolute atomic E-state index is 13.0. The third-order valence-electron chi connectivity index (χ3n) is 4.56. The molecule has 0 radical (unpaired) electrons. The number of aromatic nitrogens is 2. The zero-order valence-corrected chi connectivity index (χ0v) is 15.9. The molecule has 6 heteroatoms. The number of anilines is 1. The summed E-state index contributed by atoms with van der Waals surface area (Å²) in [5, 5.41) is 4.74. The number of fused-ring (bicyclic) bond motifs is 1. The van der Waals surface area contributed by atoms with E-state index in [9.17, 15) is 4.79 Å². The number of benzene rings is 1. The van der Waals surface area contributed by atoms with Crippen molar-refractivity contribution >= 4 is 32.6 Å². The predicted octanol–water partition coefficient (Wildman–Crippen LogP) is 4.67. The van der Waals surface area contributed by atoms with Gasteiger partial charge in [-0.25, -0.2) is 4.98 Å². The van der Waals surface area contributed by atoms with E-state index < -0.39 is 0 Å². The Kier molecular flexibility index (Phi) is 5.18. The number of carbonyl (C=O) groups is 1. The summed E-state index contributed by atoms with van der Waals surface area (Å²) < 4.78 is 6.30. The summed E-state index contributed by atoms with van der Waals surface area (Å²) in [6, 6.07) is 8.10. The summed E-state index contributed by atoms with van der Waals surface area (Å²) in [5.74, 6) is 0.883. The van der Waals surface area contributed by atoms with Crippen LogP contribution < -0.4 is 4.90 Å². The van der Waals surface area contributed by atoms with Crippen molar-refractivity contribution < 1.29 is 9.32 Å². The van der Waals surface area contributed by atoms with Gasteiger partial charge >= 0.3 is 0 Å². The second-order valence-corrected chi connectivity index (χ2v) is 7.30. The lowest BCUT2D eigenvalue weighted by atomic mass is 10.1. The SMILES string of the molecule is CC[C@@H](C)N(C(=O)CCc1c(C)noc1C)c1nc2ccccc2s1. The van der Waals surface area contributed by atoms with E-state index in [1.54, 1.807) is 11.3 Å². The number of aryl methyl sites for hydroxylation is 2. The number of nitrogens with zero attached hydrogens (tertiary/aromatic N) is 3. The molecule has 1 amide bonds. The summed E-state index contributed by atoms with van der Waals surface area (Å²) in [7, 11) is 0. The van der Waals surface area contributed by atoms with Gasteiger partial charge in [0.05, 0.1) is 15.9 Å². The molecule has 0 aliphatic heterocycles. The van der Waals surface area contributed by atoms with Crippen LogP contribution in [0.1, 0.15) is 43.7 Å². The minimum atomic E-state index is 0.0911. The fourth-order valence-electron chi connectivity index (χ4n) is 2.90. The van der Waals surface area contributed by atoms with Gasteiger partial charge in [-0.2, -0.15) is 0 Å². The highest BCUT2D eigenvalue weighted by Crippen LogP contribution is 2.31. The molecule has 0 aliphatic carbocycles. The van der Waals surface area contributed by atoms with Crippen LogP contribution in [0.15, 0.2) is 28.8 Å². The zero-order chi connectivity index (χ0) is 18.0. The Hall–Kier alpha value is -2.21. The summed E-state index contributed by atoms with van der Waals surface area (Å²) in [6.07, 6.45) is 1.94. The number of hydrogen-bond donors (Lipinski definition) is 0. The first-order valence-electron chi connectivity index (χ1n) is 8.60. The lowest BCUT2D eigenvalue weighted by Gasteiger charge is -2.26. The monoisotopic (exact) mass is 357 g/mol. The van der Waals surface area contributed by atoms with E-state index in [-0.39, 0.29) is 11.9 Å². The Morgan fingerprint density at radius 3 is 2.72 bits per heavy atom. The van der Waals surface area contributed by atoms with Crippen LogP contribution in [0.3, 0.4) is 0 Å². The van der Waals surface area contributed by atoms with Gasteiger partial charge in [0.2, 0.25) is 5.91 Å². The van der Waals surface area contributed by atoms with E-state index in [0.29, 0.717) is 12.8 Å². The van der Waals surface area contributed by atoms with Crippen LogP contribution in [0, 0.1) is 13.8 Å². The van der Waals surface area contributed by atoms with Crippen molar-refractivity contribution in [3.63, 3.8) is 0 Å². The van der Waals surface area contributed by atoms with Crippen LogP contribution in [-0.2, 0) is 11.2 Å². The average molecular weight is 357 g/mol. The molecule has 3 aromatic rings. The molecule has 0 unspecified atom stereocenters. The normalized spacial score (nSPS) is 12.5. The number of amides is 1. The molecule has 2 heterocycles. The van der Waals surface area contributed by atoms with Crippen LogP contribution in [0.25, 0.3) is 10.2 Å². The van der Waals surface area contributed by atoms with E-state index in [1.165, 1.54) is 0 Å². The first-order chi connectivity index (χ1) is 12.0. The number of hydrogen-bond acceptors (Lipinski definition) is 5. The van der Waals surface area contributed by atoms with Crippen molar-refractivity contribution in [1.29, 1.82) is 0 Å². The van der Waals surface area contributed by atoms with Crippen LogP contribution in [-0.4, -0.2) is 22.1 Å². The fourth-order valence-corrected chi connectivity index (χ4v) is 3.98. The number of rotatable bonds is 6. The Morgan fingerprint density at radius 1 is 1.32 bits per heavy atom. The molecule has 0 saturated carbocycles. The minimum absolute atomic E-state index is 0.0911. The molecule has 0 spiro atoms. The first kappa shape index (κ1) is 17.6. The van der Waals surface area contributed by atoms with E-state index in [2.05, 4.69) is 24.0 Å². The molecule has 3 rings (SSSR count). The zero-order valence-electron chi connectivity index (χ0n) is 15.1. The molecule has 25 heavy (non-hydrogen) atoms. The second-order valence-electron chi connectivity index (χ2n) is 6.29. The van der Waals surface area contributed by atoms with Crippen LogP contribution in [0.4, 0.5) is 5.13 Å². The molecule has 1 atom stereocenters. The fraction of sp³-hybridized carbons (Fsp3) is 0.421. The van der Waals surface area contributed by atoms with Crippen molar-refractivity contribution in [2.24, 2.45) is 0 Å². The van der Waals surface area contributed by atoms with Gasteiger partial charge in [-0.1, -0.05) is 35.5 Å². The maximum Gasteiger partial charge on any atom is 0.229 e. The van der Waals surface area contributed by atoms with E-state index in [0.717, 1.165) is 38.8 Å². The lowest BCUT2D eigenvalue weighted by Crippen LogP contribution is -2.38. The highest BCUT2D eigenvalue weighted by molar-refractivity contribution is 7.22. The molecule has 0 aliphatic rings. The van der Waals surface area contributed by atoms with Crippen molar-refractivity contribution in [2.45, 2.75) is 53.0 Å². The maximum atomic E-state index is 13.0. The molecule has 132 valence electrons. The quantitative estimate of drug-likeness (QED) is 0.643. The van der Waals surface area contributed by atoms with Gasteiger partial charge in [-0.15, -0.1) is 0 Å². The van der Waals surface area contributed by atoms with E-state index in [1.807, 2.05) is 43.0 Å². The Bertz CT molecular complexity index is 831. The van der Waals surface area contributed by atoms with Crippen LogP contribution >= 0.6 is 11.3 Å². The first-order valence-corrected chi connectivity index (χ1v) is 9.42. The smallest absolute Gasteiger partial charge is 0.229 e. The van der Waals surface area contributed by atoms with Crippen molar-refractivity contribution in [3.05, 3.63) is 41.3 Å². The molecule has 2 aromatic heterocycles. The third kappa shape index (κ3) is 3.58. The predicted molar refractivity (Wildman–Crippen MR) is 101 cm³/mol. The highest BCUT2D eigenvalue weighted by atomic mass is 32.1. The van der Waals surface area contributed by atoms with Crippen molar-refractivity contribution in [1.82, 2.24) is 10.1 Å². The number of carbonyl (C=O) groups excluding carboxylic acids is 1. The van der Waals surface area contributed by atoms with Crippen molar-refractivity contribution in [2.75, 3.05) is 4.90 Å². The van der Waals surface area contributed by atoms with Gasteiger partial charge in [0.1, 0.15) is 5.76 Å². The minimum Gasteiger partial charge on any atom is -0.361 e. The molecule has 0 N–H and O–H groups in total. The van der Waals surface area contributed by atoms with Gasteiger partial charge in [-0.05, 0) is 45.7 Å². The summed E-state index contributed by atoms with van der Waals surface area (Å²) in [4.78, 5) is 19.5. The Morgan fingerprint density at radius 2 is 2.08 bits per heavy atom. The largest absolute Gasteiger partial charge is 0.361 e. The molecular weight excluding hydrogens is 334 g/mol. The third-order valence-corrected chi connectivity index (χ3v) is 5.59. The summed E-state index contributed by atoms with van der Waals surface area (Å²) in [6.45, 7) is 7.96. The summed E-state index contributed by atoms with van der Waals surface area (Å²) in [5.41, 5.74) is 2.83. The van der Waals surface area contributed by atoms with Gasteiger partial charge in [0, 0.05) is 18.0 Å². The number of thiazole rings is 1. The number of para-hydroxylation sites is 1. The molecule has 1 aromatic carbocycles. The van der Waals surface area contributed by atoms with Crippen LogP contribution in [0.5, 0.6) is 0 Å². The average Bonchev–Trinajstić information content (AvgIpc) is 3.16. The van der Waals surface area contributed by atoms with Gasteiger partial charge in [0.15, 0.2) is 5.13 Å². The Balaban J connectivity index is 1.83. The lowest BCUT2D eigenvalue weighted by molar-refractivity contribution is -0.119. The molecule has 5 nitrogen and oxygen atoms in total. The highest BCUT2D eigenvalue weighted by Gasteiger charge is 2.24. The standard InChI is InChI=1S/C19H23N3O2S/c1-5-12(2)22(19-20-16-8-6-7-9-17(16)25-19)18(23)11-10-15-13(3)21-24-14(15)4/h6-9,12H,5,10-11H2,1-4H3/t12-/m1/s1. The molecular formula is C19H23N3O2S. The van der Waals surface area contributed by atoms with Gasteiger partial charge < -0.3 is 4.52 Å². The Labute approximate surface area is 151 Å². The summed E-state index contributed by atoms with van der Waals surface area (Å²) >= 11 is 1.57.